The summed E-state index contributed by atoms with van der Waals surface area (Å²) >= 11 is 0. The Morgan fingerprint density at radius 1 is 1.21 bits per heavy atom. The van der Waals surface area contributed by atoms with E-state index in [1.165, 1.54) is 0 Å². The molecular weight excluding hydrogens is 302 g/mol. The summed E-state index contributed by atoms with van der Waals surface area (Å²) in [5, 5.41) is 5.87. The molecule has 0 saturated heterocycles. The minimum absolute atomic E-state index is 0.00577. The summed E-state index contributed by atoms with van der Waals surface area (Å²) in [6.45, 7) is 5.75. The molecule has 2 fully saturated rings. The summed E-state index contributed by atoms with van der Waals surface area (Å²) in [5.74, 6) is 0.692. The summed E-state index contributed by atoms with van der Waals surface area (Å²) < 4.78 is 0. The van der Waals surface area contributed by atoms with Crippen molar-refractivity contribution in [3.63, 3.8) is 0 Å². The Labute approximate surface area is 143 Å². The second kappa shape index (κ2) is 6.55. The maximum absolute atomic E-state index is 12.7. The molecule has 1 aromatic carbocycles. The molecule has 0 heterocycles. The third-order valence-electron chi connectivity index (χ3n) is 5.45. The van der Waals surface area contributed by atoms with Crippen LogP contribution in [0.2, 0.25) is 0 Å². The van der Waals surface area contributed by atoms with Crippen LogP contribution in [-0.2, 0) is 4.79 Å². The monoisotopic (exact) mass is 329 g/mol. The first kappa shape index (κ1) is 17.0. The molecule has 4 N–H and O–H groups in total. The lowest BCUT2D eigenvalue weighted by Crippen LogP contribution is -2.42. The topological polar surface area (TPSA) is 84.2 Å². The van der Waals surface area contributed by atoms with Crippen LogP contribution in [0.25, 0.3) is 0 Å². The van der Waals surface area contributed by atoms with Gasteiger partial charge in [0.15, 0.2) is 0 Å². The number of hydrogen-bond donors (Lipinski definition) is 3. The van der Waals surface area contributed by atoms with Crippen molar-refractivity contribution in [3.8, 4) is 0 Å². The summed E-state index contributed by atoms with van der Waals surface area (Å²) in [7, 11) is 0. The van der Waals surface area contributed by atoms with E-state index in [-0.39, 0.29) is 29.8 Å². The van der Waals surface area contributed by atoms with Gasteiger partial charge in [0.2, 0.25) is 5.91 Å². The van der Waals surface area contributed by atoms with Crippen LogP contribution in [0.4, 0.5) is 5.69 Å². The van der Waals surface area contributed by atoms with Gasteiger partial charge in [-0.25, -0.2) is 0 Å². The van der Waals surface area contributed by atoms with Crippen LogP contribution < -0.4 is 16.4 Å². The van der Waals surface area contributed by atoms with Crippen molar-refractivity contribution in [2.45, 2.75) is 52.1 Å². The number of rotatable bonds is 4. The molecule has 1 aromatic rings. The lowest BCUT2D eigenvalue weighted by molar-refractivity contribution is -0.121. The highest BCUT2D eigenvalue weighted by atomic mass is 16.2. The number of fused-ring (bicyclic) bond motifs is 2. The van der Waals surface area contributed by atoms with Crippen LogP contribution in [0.3, 0.4) is 0 Å². The molecule has 0 aromatic heterocycles. The van der Waals surface area contributed by atoms with Gasteiger partial charge in [0.25, 0.3) is 5.91 Å². The van der Waals surface area contributed by atoms with Gasteiger partial charge in [0.05, 0.1) is 5.92 Å². The Hall–Kier alpha value is -1.88. The van der Waals surface area contributed by atoms with Crippen molar-refractivity contribution in [1.82, 2.24) is 5.32 Å². The molecule has 4 atom stereocenters. The Morgan fingerprint density at radius 2 is 1.92 bits per heavy atom. The maximum atomic E-state index is 12.7. The fourth-order valence-corrected chi connectivity index (χ4v) is 4.23. The van der Waals surface area contributed by atoms with E-state index in [4.69, 9.17) is 5.73 Å². The van der Waals surface area contributed by atoms with E-state index in [1.54, 1.807) is 6.07 Å². The van der Waals surface area contributed by atoms with E-state index in [2.05, 4.69) is 10.6 Å². The quantitative estimate of drug-likeness (QED) is 0.793. The third-order valence-corrected chi connectivity index (χ3v) is 5.45. The molecule has 4 unspecified atom stereocenters. The fourth-order valence-electron chi connectivity index (χ4n) is 4.23. The number of amides is 2. The summed E-state index contributed by atoms with van der Waals surface area (Å²) in [6.07, 6.45) is 3.33. The molecule has 0 spiro atoms. The molecule has 24 heavy (non-hydrogen) atoms. The number of anilines is 1. The highest BCUT2D eigenvalue weighted by molar-refractivity contribution is 5.99. The van der Waals surface area contributed by atoms with Crippen molar-refractivity contribution in [2.75, 3.05) is 5.32 Å². The Balaban J connectivity index is 1.73. The highest BCUT2D eigenvalue weighted by Crippen LogP contribution is 2.47. The van der Waals surface area contributed by atoms with Gasteiger partial charge in [0, 0.05) is 23.3 Å². The minimum Gasteiger partial charge on any atom is -0.350 e. The molecule has 3 rings (SSSR count). The zero-order chi connectivity index (χ0) is 17.4. The Kier molecular flexibility index (Phi) is 4.63. The number of hydrogen-bond acceptors (Lipinski definition) is 3. The predicted molar refractivity (Wildman–Crippen MR) is 94.7 cm³/mol. The van der Waals surface area contributed by atoms with E-state index in [0.717, 1.165) is 24.8 Å². The number of carbonyl (C=O) groups is 2. The predicted octanol–water partition coefficient (Wildman–Crippen LogP) is 2.45. The molecule has 2 bridgehead atoms. The first-order valence-corrected chi connectivity index (χ1v) is 8.84. The van der Waals surface area contributed by atoms with Crippen LogP contribution in [0.5, 0.6) is 0 Å². The van der Waals surface area contributed by atoms with Crippen LogP contribution in [0, 0.1) is 24.7 Å². The second-order valence-corrected chi connectivity index (χ2v) is 7.58. The summed E-state index contributed by atoms with van der Waals surface area (Å²) in [6, 6.07) is 5.51. The SMILES string of the molecule is Cc1ccc(NC(=O)C2C3CCC(C3)C2N)cc1C(=O)NC(C)C. The molecule has 130 valence electrons. The standard InChI is InChI=1S/C19H27N3O2/c1-10(2)21-18(23)15-9-14(7-4-11(15)3)22-19(24)16-12-5-6-13(8-12)17(16)20/h4,7,9-10,12-13,16-17H,5-6,8,20H2,1-3H3,(H,21,23)(H,22,24). The van der Waals surface area contributed by atoms with Gasteiger partial charge in [-0.05, 0) is 69.6 Å². The van der Waals surface area contributed by atoms with Gasteiger partial charge in [0.1, 0.15) is 0 Å². The first-order chi connectivity index (χ1) is 11.4. The Bertz CT molecular complexity index is 654. The van der Waals surface area contributed by atoms with Crippen molar-refractivity contribution in [1.29, 1.82) is 0 Å². The smallest absolute Gasteiger partial charge is 0.251 e. The van der Waals surface area contributed by atoms with Gasteiger partial charge in [-0.15, -0.1) is 0 Å². The van der Waals surface area contributed by atoms with Gasteiger partial charge >= 0.3 is 0 Å². The van der Waals surface area contributed by atoms with Gasteiger partial charge in [-0.2, -0.15) is 0 Å². The largest absolute Gasteiger partial charge is 0.350 e. The molecule has 2 saturated carbocycles. The number of nitrogens with one attached hydrogen (secondary N) is 2. The van der Waals surface area contributed by atoms with Crippen LogP contribution in [-0.4, -0.2) is 23.9 Å². The zero-order valence-electron chi connectivity index (χ0n) is 14.6. The van der Waals surface area contributed by atoms with Crippen molar-refractivity contribution >= 4 is 17.5 Å². The fraction of sp³-hybridized carbons (Fsp3) is 0.579. The van der Waals surface area contributed by atoms with Gasteiger partial charge < -0.3 is 16.4 Å². The average Bonchev–Trinajstić information content (AvgIpc) is 3.09. The number of carbonyl (C=O) groups excluding carboxylic acids is 2. The Morgan fingerprint density at radius 3 is 2.54 bits per heavy atom. The van der Waals surface area contributed by atoms with E-state index in [0.29, 0.717) is 23.1 Å². The molecule has 0 radical (unpaired) electrons. The van der Waals surface area contributed by atoms with Crippen LogP contribution in [0.1, 0.15) is 49.0 Å². The average molecular weight is 329 g/mol. The molecule has 2 aliphatic carbocycles. The van der Waals surface area contributed by atoms with Crippen molar-refractivity contribution in [3.05, 3.63) is 29.3 Å². The second-order valence-electron chi connectivity index (χ2n) is 7.58. The maximum Gasteiger partial charge on any atom is 0.251 e. The molecule has 2 amide bonds. The van der Waals surface area contributed by atoms with Crippen molar-refractivity contribution < 1.29 is 9.59 Å². The molecule has 5 nitrogen and oxygen atoms in total. The molecule has 0 aliphatic heterocycles. The van der Waals surface area contributed by atoms with Crippen molar-refractivity contribution in [2.24, 2.45) is 23.5 Å². The van der Waals surface area contributed by atoms with E-state index < -0.39 is 0 Å². The normalized spacial score (nSPS) is 28.2. The third kappa shape index (κ3) is 3.18. The number of benzene rings is 1. The van der Waals surface area contributed by atoms with Gasteiger partial charge in [-0.3, -0.25) is 9.59 Å². The highest BCUT2D eigenvalue weighted by Gasteiger charge is 2.49. The minimum atomic E-state index is -0.116. The molecule has 5 heteroatoms. The summed E-state index contributed by atoms with van der Waals surface area (Å²) in [4.78, 5) is 24.9. The summed E-state index contributed by atoms with van der Waals surface area (Å²) in [5.41, 5.74) is 8.40. The molecular formula is C19H27N3O2. The first-order valence-electron chi connectivity index (χ1n) is 8.84. The lowest BCUT2D eigenvalue weighted by Gasteiger charge is -2.27. The van der Waals surface area contributed by atoms with E-state index in [1.807, 2.05) is 32.9 Å². The zero-order valence-corrected chi connectivity index (χ0v) is 14.6. The van der Waals surface area contributed by atoms with Crippen LogP contribution in [0.15, 0.2) is 18.2 Å². The van der Waals surface area contributed by atoms with Gasteiger partial charge in [-0.1, -0.05) is 6.07 Å². The number of nitrogens with two attached hydrogens (primary N) is 1. The van der Waals surface area contributed by atoms with E-state index in [9.17, 15) is 9.59 Å². The van der Waals surface area contributed by atoms with Crippen LogP contribution >= 0.6 is 0 Å². The lowest BCUT2D eigenvalue weighted by atomic mass is 9.84. The molecule has 2 aliphatic rings. The number of aryl methyl sites for hydroxylation is 1. The van der Waals surface area contributed by atoms with E-state index >= 15 is 0 Å².